The minimum atomic E-state index is -0.0184. The van der Waals surface area contributed by atoms with Crippen LogP contribution >= 0.6 is 15.9 Å². The predicted molar refractivity (Wildman–Crippen MR) is 76.0 cm³/mol. The van der Waals surface area contributed by atoms with Gasteiger partial charge in [-0.15, -0.1) is 0 Å². The molecule has 1 aromatic carbocycles. The quantitative estimate of drug-likeness (QED) is 0.850. The molecule has 3 nitrogen and oxygen atoms in total. The van der Waals surface area contributed by atoms with Gasteiger partial charge < -0.3 is 10.6 Å². The second-order valence-corrected chi connectivity index (χ2v) is 6.31. The Hall–Kier alpha value is -1.03. The number of carbonyl (C=O) groups is 1. The van der Waals surface area contributed by atoms with Crippen LogP contribution in [0.15, 0.2) is 22.7 Å². The molecule has 1 aromatic rings. The summed E-state index contributed by atoms with van der Waals surface area (Å²) in [5.41, 5.74) is 7.23. The third-order valence-electron chi connectivity index (χ3n) is 2.41. The van der Waals surface area contributed by atoms with E-state index >= 15 is 0 Å². The highest BCUT2D eigenvalue weighted by molar-refractivity contribution is 9.10. The van der Waals surface area contributed by atoms with Crippen LogP contribution in [0.25, 0.3) is 0 Å². The van der Waals surface area contributed by atoms with Gasteiger partial charge in [-0.05, 0) is 23.6 Å². The minimum Gasteiger partial charge on any atom is -0.397 e. The van der Waals surface area contributed by atoms with Crippen LogP contribution in [0, 0.1) is 5.41 Å². The van der Waals surface area contributed by atoms with Crippen molar-refractivity contribution >= 4 is 33.2 Å². The highest BCUT2D eigenvalue weighted by Gasteiger charge is 2.20. The molecule has 2 N–H and O–H groups in total. The smallest absolute Gasteiger partial charge is 0.227 e. The number of hydrogen-bond acceptors (Lipinski definition) is 2. The Morgan fingerprint density at radius 1 is 1.41 bits per heavy atom. The maximum atomic E-state index is 12.1. The van der Waals surface area contributed by atoms with Crippen molar-refractivity contribution in [3.63, 3.8) is 0 Å². The van der Waals surface area contributed by atoms with E-state index in [-0.39, 0.29) is 11.3 Å². The van der Waals surface area contributed by atoms with Crippen molar-refractivity contribution in [3.8, 4) is 0 Å². The molecule has 4 heteroatoms. The van der Waals surface area contributed by atoms with Crippen LogP contribution in [0.2, 0.25) is 0 Å². The van der Waals surface area contributed by atoms with Crippen LogP contribution in [-0.4, -0.2) is 13.0 Å². The Balaban J connectivity index is 2.89. The first-order valence-corrected chi connectivity index (χ1v) is 6.31. The Morgan fingerprint density at radius 2 is 2.00 bits per heavy atom. The van der Waals surface area contributed by atoms with Crippen molar-refractivity contribution < 1.29 is 4.79 Å². The molecule has 0 spiro atoms. The standard InChI is InChI=1S/C13H19BrN2O/c1-13(2,3)8-12(17)16(4)11-6-5-9(14)7-10(11)15/h5-7H,8,15H2,1-4H3. The Labute approximate surface area is 111 Å². The van der Waals surface area contributed by atoms with E-state index in [1.165, 1.54) is 0 Å². The second-order valence-electron chi connectivity index (χ2n) is 5.39. The first-order chi connectivity index (χ1) is 7.70. The maximum Gasteiger partial charge on any atom is 0.227 e. The third-order valence-corrected chi connectivity index (χ3v) is 2.90. The SMILES string of the molecule is CN(C(=O)CC(C)(C)C)c1ccc(Br)cc1N. The van der Waals surface area contributed by atoms with Crippen molar-refractivity contribution in [2.45, 2.75) is 27.2 Å². The van der Waals surface area contributed by atoms with Gasteiger partial charge in [-0.2, -0.15) is 0 Å². The Morgan fingerprint density at radius 3 is 2.47 bits per heavy atom. The van der Waals surface area contributed by atoms with Crippen molar-refractivity contribution in [2.24, 2.45) is 5.41 Å². The van der Waals surface area contributed by atoms with Crippen LogP contribution in [0.1, 0.15) is 27.2 Å². The monoisotopic (exact) mass is 298 g/mol. The molecule has 0 aliphatic carbocycles. The van der Waals surface area contributed by atoms with Crippen LogP contribution in [0.4, 0.5) is 11.4 Å². The Bertz CT molecular complexity index is 424. The lowest BCUT2D eigenvalue weighted by atomic mass is 9.91. The molecule has 0 atom stereocenters. The molecule has 0 fully saturated rings. The number of anilines is 2. The maximum absolute atomic E-state index is 12.1. The summed E-state index contributed by atoms with van der Waals surface area (Å²) in [5.74, 6) is 0.0755. The predicted octanol–water partition coefficient (Wildman–Crippen LogP) is 3.43. The van der Waals surface area contributed by atoms with E-state index in [0.29, 0.717) is 12.1 Å². The molecule has 0 unspecified atom stereocenters. The van der Waals surface area contributed by atoms with E-state index in [2.05, 4.69) is 15.9 Å². The molecule has 1 rings (SSSR count). The zero-order chi connectivity index (χ0) is 13.2. The summed E-state index contributed by atoms with van der Waals surface area (Å²) in [7, 11) is 1.76. The fraction of sp³-hybridized carbons (Fsp3) is 0.462. The first kappa shape index (κ1) is 14.0. The molecule has 0 radical (unpaired) electrons. The van der Waals surface area contributed by atoms with Gasteiger partial charge in [0, 0.05) is 17.9 Å². The lowest BCUT2D eigenvalue weighted by Crippen LogP contribution is -2.30. The van der Waals surface area contributed by atoms with Crippen molar-refractivity contribution in [1.82, 2.24) is 0 Å². The number of rotatable bonds is 2. The van der Waals surface area contributed by atoms with Gasteiger partial charge in [0.05, 0.1) is 11.4 Å². The van der Waals surface area contributed by atoms with Gasteiger partial charge in [0.1, 0.15) is 0 Å². The van der Waals surface area contributed by atoms with E-state index in [9.17, 15) is 4.79 Å². The van der Waals surface area contributed by atoms with E-state index < -0.39 is 0 Å². The number of carbonyl (C=O) groups excluding carboxylic acids is 1. The van der Waals surface area contributed by atoms with Crippen LogP contribution in [0.3, 0.4) is 0 Å². The summed E-state index contributed by atoms with van der Waals surface area (Å²) in [6.45, 7) is 6.14. The molecule has 0 aliphatic rings. The third kappa shape index (κ3) is 4.04. The summed E-state index contributed by atoms with van der Waals surface area (Å²) in [6.07, 6.45) is 0.499. The lowest BCUT2D eigenvalue weighted by molar-refractivity contribution is -0.119. The van der Waals surface area contributed by atoms with Crippen molar-refractivity contribution in [2.75, 3.05) is 17.7 Å². The van der Waals surface area contributed by atoms with Gasteiger partial charge in [-0.25, -0.2) is 0 Å². The number of hydrogen-bond donors (Lipinski definition) is 1. The zero-order valence-corrected chi connectivity index (χ0v) is 12.3. The summed E-state index contributed by atoms with van der Waals surface area (Å²) in [4.78, 5) is 13.7. The summed E-state index contributed by atoms with van der Waals surface area (Å²) < 4.78 is 0.912. The molecule has 0 aromatic heterocycles. The molecule has 1 amide bonds. The van der Waals surface area contributed by atoms with Gasteiger partial charge in [0.25, 0.3) is 0 Å². The highest BCUT2D eigenvalue weighted by Crippen LogP contribution is 2.28. The Kier molecular flexibility index (Phi) is 4.20. The number of benzene rings is 1. The summed E-state index contributed by atoms with van der Waals surface area (Å²) in [6, 6.07) is 5.53. The van der Waals surface area contributed by atoms with Gasteiger partial charge in [0.15, 0.2) is 0 Å². The number of halogens is 1. The largest absolute Gasteiger partial charge is 0.397 e. The number of nitrogens with zero attached hydrogens (tertiary/aromatic N) is 1. The first-order valence-electron chi connectivity index (χ1n) is 5.52. The van der Waals surface area contributed by atoms with E-state index in [0.717, 1.165) is 10.2 Å². The zero-order valence-electron chi connectivity index (χ0n) is 10.7. The second kappa shape index (κ2) is 5.08. The van der Waals surface area contributed by atoms with E-state index in [4.69, 9.17) is 5.73 Å². The topological polar surface area (TPSA) is 46.3 Å². The minimum absolute atomic E-state index is 0.0184. The summed E-state index contributed by atoms with van der Waals surface area (Å²) >= 11 is 3.35. The van der Waals surface area contributed by atoms with E-state index in [1.54, 1.807) is 18.0 Å². The molecule has 17 heavy (non-hydrogen) atoms. The van der Waals surface area contributed by atoms with E-state index in [1.807, 2.05) is 32.9 Å². The number of amides is 1. The molecule has 0 aliphatic heterocycles. The lowest BCUT2D eigenvalue weighted by Gasteiger charge is -2.24. The number of nitrogen functional groups attached to an aromatic ring is 1. The molecule has 0 saturated carbocycles. The average molecular weight is 299 g/mol. The highest BCUT2D eigenvalue weighted by atomic mass is 79.9. The van der Waals surface area contributed by atoms with Crippen LogP contribution < -0.4 is 10.6 Å². The summed E-state index contributed by atoms with van der Waals surface area (Å²) in [5, 5.41) is 0. The van der Waals surface area contributed by atoms with Gasteiger partial charge >= 0.3 is 0 Å². The molecule has 0 heterocycles. The van der Waals surface area contributed by atoms with Gasteiger partial charge in [-0.3, -0.25) is 4.79 Å². The van der Waals surface area contributed by atoms with Gasteiger partial charge in [-0.1, -0.05) is 36.7 Å². The van der Waals surface area contributed by atoms with Crippen molar-refractivity contribution in [3.05, 3.63) is 22.7 Å². The molecule has 94 valence electrons. The fourth-order valence-corrected chi connectivity index (χ4v) is 1.92. The van der Waals surface area contributed by atoms with Crippen LogP contribution in [0.5, 0.6) is 0 Å². The van der Waals surface area contributed by atoms with Gasteiger partial charge in [0.2, 0.25) is 5.91 Å². The average Bonchev–Trinajstić information content (AvgIpc) is 2.14. The van der Waals surface area contributed by atoms with Crippen molar-refractivity contribution in [1.29, 1.82) is 0 Å². The number of nitrogens with two attached hydrogens (primary N) is 1. The molecule has 0 saturated heterocycles. The molecular formula is C13H19BrN2O. The molecule has 0 bridgehead atoms. The fourth-order valence-electron chi connectivity index (χ4n) is 1.54. The normalized spacial score (nSPS) is 11.4. The molecular weight excluding hydrogens is 280 g/mol. The van der Waals surface area contributed by atoms with Crippen LogP contribution in [-0.2, 0) is 4.79 Å².